The Kier molecular flexibility index (Phi) is 8.11. The van der Waals surface area contributed by atoms with Gasteiger partial charge in [0.1, 0.15) is 11.3 Å². The molecule has 2 aromatic heterocycles. The summed E-state index contributed by atoms with van der Waals surface area (Å²) in [4.78, 5) is 16.0. The molecule has 0 unspecified atom stereocenters. The summed E-state index contributed by atoms with van der Waals surface area (Å²) < 4.78 is 36.0. The van der Waals surface area contributed by atoms with Crippen molar-refractivity contribution in [1.29, 1.82) is 0 Å². The van der Waals surface area contributed by atoms with Gasteiger partial charge in [-0.1, -0.05) is 43.7 Å². The van der Waals surface area contributed by atoms with Gasteiger partial charge in [0.15, 0.2) is 0 Å². The fraction of sp³-hybridized carbons (Fsp3) is 0.333. The summed E-state index contributed by atoms with van der Waals surface area (Å²) in [5, 5.41) is 14.8. The van der Waals surface area contributed by atoms with Crippen LogP contribution in [0.5, 0.6) is 5.75 Å². The van der Waals surface area contributed by atoms with E-state index in [0.29, 0.717) is 35.6 Å². The monoisotopic (exact) mass is 524 g/mol. The Morgan fingerprint density at radius 3 is 2.54 bits per heavy atom. The fourth-order valence-electron chi connectivity index (χ4n) is 4.44. The third-order valence-corrected chi connectivity index (χ3v) is 7.97. The Hall–Kier alpha value is -3.47. The average Bonchev–Trinajstić information content (AvgIpc) is 3.20. The number of fused-ring (bicyclic) bond motifs is 1. The van der Waals surface area contributed by atoms with Gasteiger partial charge in [0.25, 0.3) is 5.56 Å². The molecule has 0 radical (unpaired) electrons. The van der Waals surface area contributed by atoms with Gasteiger partial charge in [0.05, 0.1) is 29.5 Å². The number of ether oxygens (including phenoxy) is 1. The van der Waals surface area contributed by atoms with E-state index in [9.17, 15) is 18.3 Å². The Bertz CT molecular complexity index is 1540. The Morgan fingerprint density at radius 2 is 1.86 bits per heavy atom. The molecule has 10 heteroatoms. The van der Waals surface area contributed by atoms with Gasteiger partial charge in [-0.3, -0.25) is 9.48 Å². The van der Waals surface area contributed by atoms with Gasteiger partial charge in [-0.15, -0.1) is 0 Å². The third-order valence-electron chi connectivity index (χ3n) is 6.13. The summed E-state index contributed by atoms with van der Waals surface area (Å²) in [5.74, 6) is 0.453. The van der Waals surface area contributed by atoms with Crippen LogP contribution >= 0.6 is 0 Å². The van der Waals surface area contributed by atoms with Crippen molar-refractivity contribution in [2.24, 2.45) is 7.05 Å². The first-order valence-corrected chi connectivity index (χ1v) is 13.7. The second kappa shape index (κ2) is 11.3. The molecule has 0 atom stereocenters. The summed E-state index contributed by atoms with van der Waals surface area (Å²) in [5.41, 5.74) is 2.67. The van der Waals surface area contributed by atoms with Crippen molar-refractivity contribution in [3.63, 3.8) is 0 Å². The predicted molar refractivity (Wildman–Crippen MR) is 143 cm³/mol. The van der Waals surface area contributed by atoms with Crippen LogP contribution in [0.15, 0.2) is 64.3 Å². The molecule has 0 saturated heterocycles. The second-order valence-corrected chi connectivity index (χ2v) is 10.7. The van der Waals surface area contributed by atoms with Crippen molar-refractivity contribution in [1.82, 2.24) is 19.1 Å². The van der Waals surface area contributed by atoms with Crippen molar-refractivity contribution in [3.05, 3.63) is 76.2 Å². The number of aryl methyl sites for hydroxylation is 2. The first kappa shape index (κ1) is 26.6. The van der Waals surface area contributed by atoms with E-state index in [1.54, 1.807) is 17.8 Å². The van der Waals surface area contributed by atoms with Crippen molar-refractivity contribution in [3.8, 4) is 17.0 Å². The van der Waals surface area contributed by atoms with Gasteiger partial charge in [-0.05, 0) is 43.2 Å². The lowest BCUT2D eigenvalue weighted by Gasteiger charge is -2.22. The molecule has 0 saturated carbocycles. The molecule has 2 aromatic carbocycles. The molecule has 0 aliphatic heterocycles. The van der Waals surface area contributed by atoms with Crippen molar-refractivity contribution >= 4 is 20.9 Å². The predicted octanol–water partition coefficient (Wildman–Crippen LogP) is 3.46. The van der Waals surface area contributed by atoms with E-state index in [1.165, 1.54) is 16.4 Å². The quantitative estimate of drug-likeness (QED) is 0.310. The largest absolute Gasteiger partial charge is 0.493 e. The van der Waals surface area contributed by atoms with Crippen LogP contribution in [0.1, 0.15) is 31.5 Å². The minimum absolute atomic E-state index is 0.0382. The number of rotatable bonds is 11. The molecule has 9 nitrogen and oxygen atoms in total. The molecule has 0 bridgehead atoms. The Balaban J connectivity index is 1.85. The van der Waals surface area contributed by atoms with Crippen LogP contribution in [0.25, 0.3) is 22.2 Å². The van der Waals surface area contributed by atoms with Gasteiger partial charge < -0.3 is 14.8 Å². The molecule has 196 valence electrons. The van der Waals surface area contributed by atoms with Gasteiger partial charge in [-0.2, -0.15) is 9.40 Å². The lowest BCUT2D eigenvalue weighted by Crippen LogP contribution is -2.33. The number of aromatic nitrogens is 3. The van der Waals surface area contributed by atoms with Crippen molar-refractivity contribution < 1.29 is 18.3 Å². The molecular weight excluding hydrogens is 492 g/mol. The molecule has 2 N–H and O–H groups in total. The van der Waals surface area contributed by atoms with E-state index >= 15 is 0 Å². The van der Waals surface area contributed by atoms with Gasteiger partial charge in [0.2, 0.25) is 10.0 Å². The topological polar surface area (TPSA) is 118 Å². The van der Waals surface area contributed by atoms with Crippen molar-refractivity contribution in [2.75, 3.05) is 19.8 Å². The average molecular weight is 525 g/mol. The molecule has 0 amide bonds. The number of pyridine rings is 1. The van der Waals surface area contributed by atoms with Gasteiger partial charge in [0, 0.05) is 31.1 Å². The van der Waals surface area contributed by atoms with E-state index in [0.717, 1.165) is 23.1 Å². The van der Waals surface area contributed by atoms with E-state index in [1.807, 2.05) is 50.2 Å². The second-order valence-electron chi connectivity index (χ2n) is 8.73. The van der Waals surface area contributed by atoms with Crippen LogP contribution in [0.4, 0.5) is 0 Å². The summed E-state index contributed by atoms with van der Waals surface area (Å²) in [7, 11) is -2.25. The van der Waals surface area contributed by atoms with Crippen LogP contribution in [0.2, 0.25) is 0 Å². The first-order valence-electron chi connectivity index (χ1n) is 12.3. The molecule has 4 rings (SSSR count). The van der Waals surface area contributed by atoms with Crippen LogP contribution in [-0.2, 0) is 30.0 Å². The first-order chi connectivity index (χ1) is 17.8. The maximum absolute atomic E-state index is 13.7. The zero-order valence-electron chi connectivity index (χ0n) is 21.3. The molecule has 0 aliphatic rings. The number of aliphatic hydroxyl groups excluding tert-OH is 1. The summed E-state index contributed by atoms with van der Waals surface area (Å²) >= 11 is 0. The van der Waals surface area contributed by atoms with Crippen LogP contribution in [0, 0.1) is 0 Å². The zero-order valence-corrected chi connectivity index (χ0v) is 22.1. The summed E-state index contributed by atoms with van der Waals surface area (Å²) in [6.45, 7) is 3.99. The highest BCUT2D eigenvalue weighted by molar-refractivity contribution is 7.89. The Morgan fingerprint density at radius 1 is 1.11 bits per heavy atom. The van der Waals surface area contributed by atoms with E-state index in [4.69, 9.17) is 4.74 Å². The number of sulfonamides is 1. The van der Waals surface area contributed by atoms with Gasteiger partial charge >= 0.3 is 0 Å². The lowest BCUT2D eigenvalue weighted by molar-refractivity contribution is 0.251. The van der Waals surface area contributed by atoms with Crippen molar-refractivity contribution in [2.45, 2.75) is 38.1 Å². The molecule has 0 aliphatic carbocycles. The highest BCUT2D eigenvalue weighted by Gasteiger charge is 2.26. The highest BCUT2D eigenvalue weighted by atomic mass is 32.2. The van der Waals surface area contributed by atoms with E-state index < -0.39 is 10.0 Å². The van der Waals surface area contributed by atoms with Crippen LogP contribution < -0.4 is 10.3 Å². The maximum Gasteiger partial charge on any atom is 0.274 e. The minimum atomic E-state index is -3.98. The summed E-state index contributed by atoms with van der Waals surface area (Å²) in [6.07, 6.45) is 1.58. The summed E-state index contributed by atoms with van der Waals surface area (Å²) in [6, 6.07) is 15.7. The molecule has 0 fully saturated rings. The lowest BCUT2D eigenvalue weighted by atomic mass is 10.1. The number of aromatic amines is 1. The number of aliphatic hydroxyl groups is 1. The van der Waals surface area contributed by atoms with Crippen LogP contribution in [-0.4, -0.2) is 52.4 Å². The maximum atomic E-state index is 13.7. The smallest absolute Gasteiger partial charge is 0.274 e. The number of benzene rings is 2. The SMILES string of the molecule is CCCc1nn(C)c2c(=O)[nH]c(-c3cc(S(=O)(=O)N(CCO)Cc4ccccc4)ccc3OCC)cc12. The molecule has 37 heavy (non-hydrogen) atoms. The number of nitrogens with one attached hydrogen (secondary N) is 1. The van der Waals surface area contributed by atoms with Crippen LogP contribution in [0.3, 0.4) is 0 Å². The number of nitrogens with zero attached hydrogens (tertiary/aromatic N) is 3. The number of hydrogen-bond donors (Lipinski definition) is 2. The molecule has 2 heterocycles. The Labute approximate surface area is 216 Å². The highest BCUT2D eigenvalue weighted by Crippen LogP contribution is 2.34. The third kappa shape index (κ3) is 5.46. The molecule has 0 spiro atoms. The number of hydrogen-bond acceptors (Lipinski definition) is 6. The van der Waals surface area contributed by atoms with E-state index in [2.05, 4.69) is 10.1 Å². The standard InChI is InChI=1S/C27H32N4O5S/c1-4-9-23-22-17-24(28-27(33)26(22)30(3)29-23)21-16-20(12-13-25(21)36-5-2)37(34,35)31(14-15-32)18-19-10-7-6-8-11-19/h6-8,10-13,16-17,32H,4-5,9,14-15,18H2,1-3H3,(H,28,33). The molecule has 4 aromatic rings. The minimum Gasteiger partial charge on any atom is -0.493 e. The number of H-pyrrole nitrogens is 1. The zero-order chi connectivity index (χ0) is 26.6. The molecular formula is C27H32N4O5S. The van der Waals surface area contributed by atoms with E-state index in [-0.39, 0.29) is 30.2 Å². The normalized spacial score (nSPS) is 11.9. The van der Waals surface area contributed by atoms with Gasteiger partial charge in [-0.25, -0.2) is 8.42 Å². The fourth-order valence-corrected chi connectivity index (χ4v) is 5.88.